The summed E-state index contributed by atoms with van der Waals surface area (Å²) in [5.41, 5.74) is -0.830. The first-order valence-electron chi connectivity index (χ1n) is 11.3. The summed E-state index contributed by atoms with van der Waals surface area (Å²) in [6.07, 6.45) is -6.20. The van der Waals surface area contributed by atoms with E-state index < -0.39 is 45.9 Å². The number of nitrogens with one attached hydrogen (secondary N) is 4. The number of ether oxygens (including phenoxy) is 2. The molecule has 0 atom stereocenters. The van der Waals surface area contributed by atoms with Crippen molar-refractivity contribution in [3.05, 3.63) is 53.2 Å². The molecule has 38 heavy (non-hydrogen) atoms. The second-order valence-corrected chi connectivity index (χ2v) is 10.8. The lowest BCUT2D eigenvalue weighted by molar-refractivity contribution is -0.141. The third-order valence-corrected chi connectivity index (χ3v) is 5.27. The summed E-state index contributed by atoms with van der Waals surface area (Å²) < 4.78 is 77.1. The van der Waals surface area contributed by atoms with E-state index in [1.54, 1.807) is 51.5 Å². The molecule has 3 amide bonds. The molecule has 0 radical (unpaired) electrons. The Kier molecular flexibility index (Phi) is 9.92. The molecular weight excluding hydrogens is 531 g/mol. The maximum atomic E-state index is 13.0. The zero-order valence-electron chi connectivity index (χ0n) is 21.4. The van der Waals surface area contributed by atoms with Gasteiger partial charge in [-0.25, -0.2) is 19.3 Å². The number of alkyl halides is 3. The van der Waals surface area contributed by atoms with Crippen molar-refractivity contribution in [3.63, 3.8) is 0 Å². The molecule has 1 aromatic heterocycles. The summed E-state index contributed by atoms with van der Waals surface area (Å²) in [5, 5.41) is 5.07. The zero-order valence-corrected chi connectivity index (χ0v) is 22.2. The van der Waals surface area contributed by atoms with E-state index in [2.05, 4.69) is 20.3 Å². The van der Waals surface area contributed by atoms with Crippen LogP contribution in [0, 0.1) is 0 Å². The van der Waals surface area contributed by atoms with Gasteiger partial charge in [0.15, 0.2) is 0 Å². The fourth-order valence-corrected chi connectivity index (χ4v) is 3.46. The molecule has 2 aromatic rings. The fraction of sp³-hybridized carbons (Fsp3) is 0.435. The van der Waals surface area contributed by atoms with Gasteiger partial charge < -0.3 is 20.1 Å². The molecule has 0 aliphatic heterocycles. The molecule has 4 N–H and O–H groups in total. The minimum atomic E-state index is -4.64. The highest BCUT2D eigenvalue weighted by Gasteiger charge is 2.33. The second kappa shape index (κ2) is 12.3. The summed E-state index contributed by atoms with van der Waals surface area (Å²) in [7, 11) is -4.17. The van der Waals surface area contributed by atoms with Gasteiger partial charge in [0.05, 0.1) is 6.10 Å². The number of carbonyl (C=O) groups is 2. The Balaban J connectivity index is 1.92. The first-order valence-corrected chi connectivity index (χ1v) is 12.8. The van der Waals surface area contributed by atoms with E-state index >= 15 is 0 Å². The number of benzene rings is 1. The lowest BCUT2D eigenvalue weighted by Gasteiger charge is -2.19. The number of hydrogen-bond donors (Lipinski definition) is 4. The van der Waals surface area contributed by atoms with Gasteiger partial charge in [-0.15, -0.1) is 0 Å². The molecule has 11 nitrogen and oxygen atoms in total. The summed E-state index contributed by atoms with van der Waals surface area (Å²) in [6.45, 7) is 7.75. The minimum absolute atomic E-state index is 0.149. The molecule has 0 aliphatic rings. The minimum Gasteiger partial charge on any atom is -0.475 e. The number of urea groups is 1. The quantitative estimate of drug-likeness (QED) is 0.361. The van der Waals surface area contributed by atoms with Crippen LogP contribution in [0.2, 0.25) is 0 Å². The summed E-state index contributed by atoms with van der Waals surface area (Å²) >= 11 is 0. The molecule has 0 saturated carbocycles. The average molecular weight is 562 g/mol. The number of amides is 3. The Bertz CT molecular complexity index is 1230. The molecule has 1 heterocycles. The number of nitrogens with zero attached hydrogens (tertiary/aromatic N) is 1. The van der Waals surface area contributed by atoms with Gasteiger partial charge in [-0.05, 0) is 64.4 Å². The lowest BCUT2D eigenvalue weighted by Crippen LogP contribution is -2.42. The van der Waals surface area contributed by atoms with E-state index in [0.29, 0.717) is 11.3 Å². The van der Waals surface area contributed by atoms with Crippen molar-refractivity contribution in [1.82, 2.24) is 19.7 Å². The number of pyridine rings is 1. The van der Waals surface area contributed by atoms with E-state index in [0.717, 1.165) is 6.07 Å². The normalized spacial score (nSPS) is 12.1. The van der Waals surface area contributed by atoms with Gasteiger partial charge in [0, 0.05) is 24.3 Å². The van der Waals surface area contributed by atoms with Crippen molar-refractivity contribution in [2.24, 2.45) is 0 Å². The van der Waals surface area contributed by atoms with Crippen molar-refractivity contribution in [2.75, 3.05) is 5.32 Å². The molecule has 1 aromatic carbocycles. The van der Waals surface area contributed by atoms with Crippen LogP contribution < -0.4 is 24.8 Å². The van der Waals surface area contributed by atoms with Crippen molar-refractivity contribution < 1.29 is 40.7 Å². The standard InChI is InChI=1S/C23H30F3N5O6S/c1-14(2)36-19-16(8-11-18(30-19)23(24,25)26)13-27-20(32)29-17-9-6-15(7-10-17)12-28-38(34,35)31-21(33)37-22(3,4)5/h6-11,14,28H,12-13H2,1-5H3,(H,31,33)(H2,27,29,32). The van der Waals surface area contributed by atoms with Gasteiger partial charge in [0.1, 0.15) is 11.3 Å². The second-order valence-electron chi connectivity index (χ2n) is 9.26. The van der Waals surface area contributed by atoms with Crippen LogP contribution in [0.1, 0.15) is 51.4 Å². The highest BCUT2D eigenvalue weighted by atomic mass is 32.2. The Morgan fingerprint density at radius 3 is 2.18 bits per heavy atom. The van der Waals surface area contributed by atoms with E-state index in [4.69, 9.17) is 9.47 Å². The zero-order chi connectivity index (χ0) is 28.7. The Hall–Kier alpha value is -3.59. The van der Waals surface area contributed by atoms with Crippen LogP contribution in [0.15, 0.2) is 36.4 Å². The van der Waals surface area contributed by atoms with Crippen LogP contribution in [-0.2, 0) is 34.2 Å². The predicted molar refractivity (Wildman–Crippen MR) is 132 cm³/mol. The summed E-state index contributed by atoms with van der Waals surface area (Å²) in [5.74, 6) is -0.233. The number of anilines is 1. The number of carbonyl (C=O) groups excluding carboxylic acids is 2. The number of halogens is 3. The summed E-state index contributed by atoms with van der Waals surface area (Å²) in [6, 6.07) is 7.45. The van der Waals surface area contributed by atoms with Crippen LogP contribution in [0.5, 0.6) is 5.88 Å². The monoisotopic (exact) mass is 561 g/mol. The van der Waals surface area contributed by atoms with Gasteiger partial charge in [0.25, 0.3) is 0 Å². The van der Waals surface area contributed by atoms with Crippen LogP contribution in [0.3, 0.4) is 0 Å². The van der Waals surface area contributed by atoms with Gasteiger partial charge in [-0.1, -0.05) is 12.1 Å². The Morgan fingerprint density at radius 2 is 1.63 bits per heavy atom. The summed E-state index contributed by atoms with van der Waals surface area (Å²) in [4.78, 5) is 27.4. The molecule has 0 unspecified atom stereocenters. The first kappa shape index (κ1) is 30.6. The smallest absolute Gasteiger partial charge is 0.433 e. The Labute approximate surface area is 218 Å². The number of hydrogen-bond acceptors (Lipinski definition) is 7. The number of rotatable bonds is 9. The maximum absolute atomic E-state index is 13.0. The highest BCUT2D eigenvalue weighted by molar-refractivity contribution is 7.88. The number of aromatic nitrogens is 1. The lowest BCUT2D eigenvalue weighted by atomic mass is 10.2. The topological polar surface area (TPSA) is 148 Å². The SMILES string of the molecule is CC(C)Oc1nc(C(F)(F)F)ccc1CNC(=O)Nc1ccc(CNS(=O)(=O)NC(=O)OC(C)(C)C)cc1. The van der Waals surface area contributed by atoms with Crippen molar-refractivity contribution in [2.45, 2.75) is 65.6 Å². The fourth-order valence-electron chi connectivity index (χ4n) is 2.77. The Morgan fingerprint density at radius 1 is 1.00 bits per heavy atom. The molecule has 0 bridgehead atoms. The van der Waals surface area contributed by atoms with Crippen molar-refractivity contribution >= 4 is 28.0 Å². The van der Waals surface area contributed by atoms with E-state index in [9.17, 15) is 31.2 Å². The molecular formula is C23H30F3N5O6S. The van der Waals surface area contributed by atoms with Crippen LogP contribution in [0.25, 0.3) is 0 Å². The third kappa shape index (κ3) is 10.8. The third-order valence-electron chi connectivity index (χ3n) is 4.31. The first-order chi connectivity index (χ1) is 17.4. The molecule has 0 spiro atoms. The maximum Gasteiger partial charge on any atom is 0.433 e. The van der Waals surface area contributed by atoms with Crippen LogP contribution >= 0.6 is 0 Å². The molecule has 0 fully saturated rings. The molecule has 15 heteroatoms. The van der Waals surface area contributed by atoms with Crippen molar-refractivity contribution in [3.8, 4) is 5.88 Å². The van der Waals surface area contributed by atoms with E-state index in [-0.39, 0.29) is 24.5 Å². The van der Waals surface area contributed by atoms with Crippen molar-refractivity contribution in [1.29, 1.82) is 0 Å². The van der Waals surface area contributed by atoms with E-state index in [1.165, 1.54) is 18.2 Å². The molecule has 0 saturated heterocycles. The average Bonchev–Trinajstić information content (AvgIpc) is 2.75. The molecule has 210 valence electrons. The molecule has 0 aliphatic carbocycles. The predicted octanol–water partition coefficient (Wildman–Crippen LogP) is 4.07. The largest absolute Gasteiger partial charge is 0.475 e. The van der Waals surface area contributed by atoms with Gasteiger partial charge in [-0.2, -0.15) is 26.3 Å². The highest BCUT2D eigenvalue weighted by Crippen LogP contribution is 2.30. The van der Waals surface area contributed by atoms with Gasteiger partial charge in [0.2, 0.25) is 5.88 Å². The van der Waals surface area contributed by atoms with Gasteiger partial charge >= 0.3 is 28.5 Å². The van der Waals surface area contributed by atoms with E-state index in [1.807, 2.05) is 0 Å². The van der Waals surface area contributed by atoms with Gasteiger partial charge in [-0.3, -0.25) is 0 Å². The van der Waals surface area contributed by atoms with Crippen LogP contribution in [-0.4, -0.2) is 37.2 Å². The molecule has 2 rings (SSSR count). The van der Waals surface area contributed by atoms with Crippen LogP contribution in [0.4, 0.5) is 28.4 Å².